The van der Waals surface area contributed by atoms with Crippen molar-refractivity contribution in [2.75, 3.05) is 23.0 Å². The minimum Gasteiger partial charge on any atom is -0.334 e. The fourth-order valence-corrected chi connectivity index (χ4v) is 5.32. The lowest BCUT2D eigenvalue weighted by molar-refractivity contribution is -0.115. The van der Waals surface area contributed by atoms with E-state index in [1.54, 1.807) is 0 Å². The van der Waals surface area contributed by atoms with Gasteiger partial charge in [-0.15, -0.1) is 0 Å². The number of nitrogens with one attached hydrogen (secondary N) is 1. The van der Waals surface area contributed by atoms with Crippen molar-refractivity contribution >= 4 is 55.5 Å². The lowest BCUT2D eigenvalue weighted by Gasteiger charge is -2.18. The van der Waals surface area contributed by atoms with Crippen LogP contribution in [0.25, 0.3) is 11.3 Å². The molecule has 5 nitrogen and oxygen atoms in total. The molecule has 1 atom stereocenters. The number of thiazole rings is 1. The van der Waals surface area contributed by atoms with Gasteiger partial charge >= 0.3 is 0 Å². The Morgan fingerprint density at radius 1 is 1.03 bits per heavy atom. The molecule has 174 valence electrons. The molecule has 0 radical (unpaired) electrons. The summed E-state index contributed by atoms with van der Waals surface area (Å²) in [5.74, 6) is 0.411. The van der Waals surface area contributed by atoms with Crippen LogP contribution in [-0.2, 0) is 22.0 Å². The quantitative estimate of drug-likeness (QED) is 0.293. The maximum Gasteiger partial charge on any atom is 0.230 e. The molecule has 1 N–H and O–H groups in total. The van der Waals surface area contributed by atoms with Crippen LogP contribution in [0.1, 0.15) is 12.5 Å². The van der Waals surface area contributed by atoms with Crippen molar-refractivity contribution in [3.8, 4) is 11.3 Å². The van der Waals surface area contributed by atoms with Gasteiger partial charge in [0, 0.05) is 34.0 Å². The summed E-state index contributed by atoms with van der Waals surface area (Å²) in [5, 5.41) is 5.03. The molecule has 34 heavy (non-hydrogen) atoms. The van der Waals surface area contributed by atoms with Gasteiger partial charge in [-0.05, 0) is 42.0 Å². The average Bonchev–Trinajstić information content (AvgIpc) is 3.28. The second kappa shape index (κ2) is 11.0. The Morgan fingerprint density at radius 3 is 2.35 bits per heavy atom. The molecule has 3 aromatic carbocycles. The highest BCUT2D eigenvalue weighted by molar-refractivity contribution is 7.85. The van der Waals surface area contributed by atoms with Crippen LogP contribution in [-0.4, -0.2) is 27.9 Å². The number of hydrogen-bond acceptors (Lipinski definition) is 5. The average molecular weight is 510 g/mol. The van der Waals surface area contributed by atoms with E-state index in [-0.39, 0.29) is 12.3 Å². The minimum absolute atomic E-state index is 0.158. The highest BCUT2D eigenvalue weighted by atomic mass is 35.5. The van der Waals surface area contributed by atoms with E-state index >= 15 is 0 Å². The molecule has 1 amide bonds. The SMILES string of the molecule is CCS(=O)c1ccc(CC(=O)Nc2nc(-c3ccc(Cl)cc3)c(N(C)c3ccccc3)s2)cc1. The van der Waals surface area contributed by atoms with Gasteiger partial charge in [-0.1, -0.05) is 72.3 Å². The zero-order valence-corrected chi connectivity index (χ0v) is 21.2. The number of benzene rings is 3. The van der Waals surface area contributed by atoms with Crippen LogP contribution in [0.3, 0.4) is 0 Å². The van der Waals surface area contributed by atoms with Crippen molar-refractivity contribution in [2.24, 2.45) is 0 Å². The molecule has 0 saturated heterocycles. The number of para-hydroxylation sites is 1. The van der Waals surface area contributed by atoms with Crippen LogP contribution in [0.15, 0.2) is 83.8 Å². The Labute approximate surface area is 210 Å². The van der Waals surface area contributed by atoms with E-state index in [9.17, 15) is 9.00 Å². The molecule has 0 spiro atoms. The zero-order chi connectivity index (χ0) is 24.1. The standard InChI is InChI=1S/C26H24ClN3O2S2/c1-3-34(32)22-15-9-18(10-16-22)17-23(31)28-26-29-24(19-11-13-20(27)14-12-19)25(33-26)30(2)21-7-5-4-6-8-21/h4-16H,3,17H2,1-2H3,(H,28,29,31). The topological polar surface area (TPSA) is 62.3 Å². The van der Waals surface area contributed by atoms with Gasteiger partial charge in [-0.25, -0.2) is 4.98 Å². The molecule has 0 bridgehead atoms. The van der Waals surface area contributed by atoms with Crippen LogP contribution in [0.5, 0.6) is 0 Å². The van der Waals surface area contributed by atoms with E-state index in [1.807, 2.05) is 92.8 Å². The molecule has 1 unspecified atom stereocenters. The van der Waals surface area contributed by atoms with Gasteiger partial charge in [0.25, 0.3) is 0 Å². The van der Waals surface area contributed by atoms with Gasteiger partial charge in [0.1, 0.15) is 10.7 Å². The number of halogens is 1. The number of hydrogen-bond donors (Lipinski definition) is 1. The number of carbonyl (C=O) groups excluding carboxylic acids is 1. The second-order valence-electron chi connectivity index (χ2n) is 7.58. The highest BCUT2D eigenvalue weighted by Gasteiger charge is 2.19. The zero-order valence-electron chi connectivity index (χ0n) is 18.8. The second-order valence-corrected chi connectivity index (χ2v) is 10.7. The molecule has 1 heterocycles. The fourth-order valence-electron chi connectivity index (χ4n) is 3.43. The van der Waals surface area contributed by atoms with Crippen molar-refractivity contribution in [1.29, 1.82) is 0 Å². The van der Waals surface area contributed by atoms with Crippen molar-refractivity contribution in [3.05, 3.63) is 89.4 Å². The van der Waals surface area contributed by atoms with Gasteiger partial charge in [0.2, 0.25) is 5.91 Å². The fraction of sp³-hybridized carbons (Fsp3) is 0.154. The van der Waals surface area contributed by atoms with Crippen LogP contribution in [0, 0.1) is 0 Å². The number of carbonyl (C=O) groups is 1. The Kier molecular flexibility index (Phi) is 7.77. The first kappa shape index (κ1) is 24.1. The van der Waals surface area contributed by atoms with E-state index in [0.29, 0.717) is 15.9 Å². The normalized spacial score (nSPS) is 11.7. The summed E-state index contributed by atoms with van der Waals surface area (Å²) in [6, 6.07) is 24.8. The summed E-state index contributed by atoms with van der Waals surface area (Å²) >= 11 is 7.50. The van der Waals surface area contributed by atoms with E-state index in [1.165, 1.54) is 11.3 Å². The van der Waals surface area contributed by atoms with Gasteiger partial charge in [0.05, 0.1) is 17.2 Å². The molecule has 8 heteroatoms. The monoisotopic (exact) mass is 509 g/mol. The molecule has 0 fully saturated rings. The summed E-state index contributed by atoms with van der Waals surface area (Å²) in [4.78, 5) is 20.3. The Bertz CT molecular complexity index is 1290. The van der Waals surface area contributed by atoms with Gasteiger partial charge in [0.15, 0.2) is 5.13 Å². The number of rotatable bonds is 8. The van der Waals surface area contributed by atoms with Crippen molar-refractivity contribution < 1.29 is 9.00 Å². The maximum atomic E-state index is 12.8. The van der Waals surface area contributed by atoms with E-state index in [4.69, 9.17) is 16.6 Å². The third kappa shape index (κ3) is 5.73. The maximum absolute atomic E-state index is 12.8. The van der Waals surface area contributed by atoms with Crippen LogP contribution in [0.2, 0.25) is 5.02 Å². The van der Waals surface area contributed by atoms with Crippen LogP contribution in [0.4, 0.5) is 15.8 Å². The molecular formula is C26H24ClN3O2S2. The first-order valence-corrected chi connectivity index (χ1v) is 13.3. The Balaban J connectivity index is 1.57. The van der Waals surface area contributed by atoms with Crippen molar-refractivity contribution in [1.82, 2.24) is 4.98 Å². The summed E-state index contributed by atoms with van der Waals surface area (Å²) in [6.45, 7) is 1.88. The summed E-state index contributed by atoms with van der Waals surface area (Å²) < 4.78 is 11.9. The minimum atomic E-state index is -1.00. The van der Waals surface area contributed by atoms with Gasteiger partial charge < -0.3 is 10.2 Å². The molecule has 4 rings (SSSR count). The first-order chi connectivity index (χ1) is 16.4. The lowest BCUT2D eigenvalue weighted by atomic mass is 10.1. The largest absolute Gasteiger partial charge is 0.334 e. The number of aromatic nitrogens is 1. The molecule has 0 aliphatic heterocycles. The summed E-state index contributed by atoms with van der Waals surface area (Å²) in [5.41, 5.74) is 3.56. The molecule has 1 aromatic heterocycles. The van der Waals surface area contributed by atoms with Crippen LogP contribution >= 0.6 is 22.9 Å². The van der Waals surface area contributed by atoms with Crippen LogP contribution < -0.4 is 10.2 Å². The first-order valence-electron chi connectivity index (χ1n) is 10.8. The van der Waals surface area contributed by atoms with E-state index < -0.39 is 10.8 Å². The Morgan fingerprint density at radius 2 is 1.71 bits per heavy atom. The molecule has 0 aliphatic rings. The third-order valence-corrected chi connectivity index (χ3v) is 7.86. The number of anilines is 3. The summed E-state index contributed by atoms with van der Waals surface area (Å²) in [7, 11) is 0.977. The number of nitrogens with zero attached hydrogens (tertiary/aromatic N) is 2. The van der Waals surface area contributed by atoms with Crippen molar-refractivity contribution in [2.45, 2.75) is 18.2 Å². The third-order valence-electron chi connectivity index (χ3n) is 5.23. The molecule has 4 aromatic rings. The van der Waals surface area contributed by atoms with Crippen molar-refractivity contribution in [3.63, 3.8) is 0 Å². The Hall–Kier alpha value is -3.00. The van der Waals surface area contributed by atoms with E-state index in [0.717, 1.165) is 32.4 Å². The predicted molar refractivity (Wildman–Crippen MR) is 143 cm³/mol. The molecule has 0 saturated carbocycles. The molecule has 0 aliphatic carbocycles. The highest BCUT2D eigenvalue weighted by Crippen LogP contribution is 2.41. The smallest absolute Gasteiger partial charge is 0.230 e. The lowest BCUT2D eigenvalue weighted by Crippen LogP contribution is -2.14. The van der Waals surface area contributed by atoms with Gasteiger partial charge in [-0.2, -0.15) is 0 Å². The van der Waals surface area contributed by atoms with E-state index in [2.05, 4.69) is 10.2 Å². The van der Waals surface area contributed by atoms with Gasteiger partial charge in [-0.3, -0.25) is 9.00 Å². The predicted octanol–water partition coefficient (Wildman–Crippen LogP) is 6.54. The number of amides is 1. The summed E-state index contributed by atoms with van der Waals surface area (Å²) in [6.07, 6.45) is 0.207. The molecular weight excluding hydrogens is 486 g/mol.